The van der Waals surface area contributed by atoms with E-state index in [1.54, 1.807) is 12.1 Å². The molecule has 0 aliphatic rings. The third kappa shape index (κ3) is 9.23. The third-order valence-corrected chi connectivity index (χ3v) is 11.6. The van der Waals surface area contributed by atoms with E-state index in [1.807, 2.05) is 24.3 Å². The van der Waals surface area contributed by atoms with Crippen LogP contribution in [0.2, 0.25) is 18.1 Å². The van der Waals surface area contributed by atoms with Crippen LogP contribution in [0.1, 0.15) is 50.5 Å². The molecule has 0 spiro atoms. The molecule has 8 nitrogen and oxygen atoms in total. The van der Waals surface area contributed by atoms with Crippen LogP contribution >= 0.6 is 0 Å². The predicted molar refractivity (Wildman–Crippen MR) is 147 cm³/mol. The Morgan fingerprint density at radius 1 is 1.08 bits per heavy atom. The van der Waals surface area contributed by atoms with Crippen molar-refractivity contribution >= 4 is 30.0 Å². The molecule has 200 valence electrons. The van der Waals surface area contributed by atoms with E-state index >= 15 is 0 Å². The van der Waals surface area contributed by atoms with Crippen molar-refractivity contribution in [3.8, 4) is 5.75 Å². The van der Waals surface area contributed by atoms with E-state index in [-0.39, 0.29) is 35.0 Å². The molecule has 10 heteroatoms. The van der Waals surface area contributed by atoms with Crippen LogP contribution in [0.25, 0.3) is 0 Å². The van der Waals surface area contributed by atoms with E-state index in [0.717, 1.165) is 29.4 Å². The first-order valence-corrected chi connectivity index (χ1v) is 16.8. The van der Waals surface area contributed by atoms with Gasteiger partial charge in [0, 0.05) is 12.6 Å². The number of carboxylic acid groups (broad SMARTS) is 1. The number of aliphatic carboxylic acids is 1. The van der Waals surface area contributed by atoms with Gasteiger partial charge in [0.25, 0.3) is 0 Å². The Kier molecular flexibility index (Phi) is 9.75. The van der Waals surface area contributed by atoms with Gasteiger partial charge in [0.1, 0.15) is 5.75 Å². The first-order valence-electron chi connectivity index (χ1n) is 12.0. The highest BCUT2D eigenvalue weighted by Gasteiger charge is 2.39. The summed E-state index contributed by atoms with van der Waals surface area (Å²) in [6.07, 6.45) is 1.44. The van der Waals surface area contributed by atoms with Crippen LogP contribution in [-0.2, 0) is 32.1 Å². The summed E-state index contributed by atoms with van der Waals surface area (Å²) >= 11 is 0. The molecule has 0 aliphatic heterocycles. The minimum Gasteiger partial charge on any atom is -0.506 e. The topological polar surface area (TPSA) is 125 Å². The summed E-state index contributed by atoms with van der Waals surface area (Å²) in [6.45, 7) is 13.4. The molecule has 2 aromatic carbocycles. The van der Waals surface area contributed by atoms with Gasteiger partial charge in [-0.3, -0.25) is 9.52 Å². The number of carbonyl (C=O) groups is 1. The summed E-state index contributed by atoms with van der Waals surface area (Å²) < 4.78 is 32.6. The quantitative estimate of drug-likeness (QED) is 0.229. The minimum atomic E-state index is -3.56. The van der Waals surface area contributed by atoms with Crippen molar-refractivity contribution < 1.29 is 27.9 Å². The molecule has 2 atom stereocenters. The molecule has 0 saturated carbocycles. The molecule has 0 radical (unpaired) electrons. The van der Waals surface area contributed by atoms with E-state index in [2.05, 4.69) is 50.8 Å². The fourth-order valence-corrected chi connectivity index (χ4v) is 5.34. The first kappa shape index (κ1) is 29.8. The van der Waals surface area contributed by atoms with Gasteiger partial charge in [-0.25, -0.2) is 8.42 Å². The number of sulfonamides is 1. The smallest absolute Gasteiger partial charge is 0.307 e. The second-order valence-electron chi connectivity index (χ2n) is 10.9. The van der Waals surface area contributed by atoms with Gasteiger partial charge in [-0.15, -0.1) is 0 Å². The van der Waals surface area contributed by atoms with Crippen LogP contribution < -0.4 is 10.0 Å². The Balaban J connectivity index is 2.22. The SMILES string of the molecule is C[C@H](Cc1ccc(CC(=O)O)cc1)NC[C@@H](O[Si](C)(C)C(C)(C)C)c1ccc(O)c(NS(C)(=O)=O)c1. The molecule has 0 aliphatic carbocycles. The maximum Gasteiger partial charge on any atom is 0.307 e. The number of anilines is 1. The minimum absolute atomic E-state index is 0.00333. The van der Waals surface area contributed by atoms with Gasteiger partial charge >= 0.3 is 5.97 Å². The van der Waals surface area contributed by atoms with Crippen LogP contribution in [0.15, 0.2) is 42.5 Å². The number of phenols is 1. The van der Waals surface area contributed by atoms with E-state index in [1.165, 1.54) is 6.07 Å². The van der Waals surface area contributed by atoms with Crippen LogP contribution in [-0.4, -0.2) is 51.8 Å². The summed E-state index contributed by atoms with van der Waals surface area (Å²) in [6, 6.07) is 12.5. The summed E-state index contributed by atoms with van der Waals surface area (Å²) in [7, 11) is -5.74. The van der Waals surface area contributed by atoms with Crippen molar-refractivity contribution in [3.63, 3.8) is 0 Å². The summed E-state index contributed by atoms with van der Waals surface area (Å²) in [5.74, 6) is -1.00. The van der Waals surface area contributed by atoms with E-state index in [4.69, 9.17) is 9.53 Å². The van der Waals surface area contributed by atoms with Gasteiger partial charge in [-0.05, 0) is 60.3 Å². The van der Waals surface area contributed by atoms with Crippen molar-refractivity contribution in [1.82, 2.24) is 5.32 Å². The average Bonchev–Trinajstić information content (AvgIpc) is 2.72. The Hall–Kier alpha value is -2.40. The number of hydrogen-bond acceptors (Lipinski definition) is 6. The van der Waals surface area contributed by atoms with Crippen LogP contribution in [0.3, 0.4) is 0 Å². The maximum absolute atomic E-state index is 11.8. The standard InChI is InChI=1S/C26H40N2O6SSi/c1-18(14-19-8-10-20(11-9-19)15-25(30)31)27-17-24(34-36(6,7)26(2,3)4)21-12-13-23(29)22(16-21)28-35(5,32)33/h8-13,16,18,24,27-29H,14-15,17H2,1-7H3,(H,30,31)/t18-,24-/m1/s1. The second-order valence-corrected chi connectivity index (χ2v) is 17.4. The molecule has 4 N–H and O–H groups in total. The summed E-state index contributed by atoms with van der Waals surface area (Å²) in [4.78, 5) is 10.9. The Labute approximate surface area is 216 Å². The number of phenolic OH excluding ortho intramolecular Hbond substituents is 1. The number of hydrogen-bond donors (Lipinski definition) is 4. The van der Waals surface area contributed by atoms with Crippen molar-refractivity contribution in [2.75, 3.05) is 17.5 Å². The Bertz CT molecular complexity index is 1140. The van der Waals surface area contributed by atoms with Crippen LogP contribution in [0.5, 0.6) is 5.75 Å². The Morgan fingerprint density at radius 2 is 1.67 bits per heavy atom. The highest BCUT2D eigenvalue weighted by atomic mass is 32.2. The van der Waals surface area contributed by atoms with Gasteiger partial charge in [-0.2, -0.15) is 0 Å². The highest BCUT2D eigenvalue weighted by molar-refractivity contribution is 7.92. The molecule has 36 heavy (non-hydrogen) atoms. The van der Waals surface area contributed by atoms with Gasteiger partial charge in [0.2, 0.25) is 10.0 Å². The molecule has 2 rings (SSSR count). The van der Waals surface area contributed by atoms with Crippen LogP contribution in [0.4, 0.5) is 5.69 Å². The molecule has 2 aromatic rings. The zero-order chi connectivity index (χ0) is 27.3. The lowest BCUT2D eigenvalue weighted by molar-refractivity contribution is -0.136. The predicted octanol–water partition coefficient (Wildman–Crippen LogP) is 4.67. The molecular weight excluding hydrogens is 496 g/mol. The number of rotatable bonds is 12. The van der Waals surface area contributed by atoms with E-state index in [0.29, 0.717) is 6.54 Å². The average molecular weight is 537 g/mol. The second kappa shape index (κ2) is 11.8. The molecule has 0 amide bonds. The lowest BCUT2D eigenvalue weighted by Crippen LogP contribution is -2.44. The van der Waals surface area contributed by atoms with Gasteiger partial charge < -0.3 is 20.0 Å². The van der Waals surface area contributed by atoms with Crippen molar-refractivity contribution in [3.05, 3.63) is 59.2 Å². The van der Waals surface area contributed by atoms with Gasteiger partial charge in [0.05, 0.1) is 24.5 Å². The Morgan fingerprint density at radius 3 is 2.19 bits per heavy atom. The van der Waals surface area contributed by atoms with E-state index < -0.39 is 24.3 Å². The molecule has 0 saturated heterocycles. The molecule has 0 heterocycles. The number of nitrogens with one attached hydrogen (secondary N) is 2. The summed E-state index contributed by atoms with van der Waals surface area (Å²) in [5.41, 5.74) is 2.74. The van der Waals surface area contributed by atoms with Crippen molar-refractivity contribution in [2.24, 2.45) is 0 Å². The number of carboxylic acids is 1. The summed E-state index contributed by atoms with van der Waals surface area (Å²) in [5, 5.41) is 22.6. The molecule has 0 aromatic heterocycles. The third-order valence-electron chi connectivity index (χ3n) is 6.50. The largest absolute Gasteiger partial charge is 0.506 e. The lowest BCUT2D eigenvalue weighted by Gasteiger charge is -2.40. The number of aromatic hydroxyl groups is 1. The van der Waals surface area contributed by atoms with Gasteiger partial charge in [0.15, 0.2) is 8.32 Å². The monoisotopic (exact) mass is 536 g/mol. The van der Waals surface area contributed by atoms with Crippen LogP contribution in [0, 0.1) is 0 Å². The zero-order valence-corrected chi connectivity index (χ0v) is 24.1. The fourth-order valence-electron chi connectivity index (χ4n) is 3.50. The molecule has 0 unspecified atom stereocenters. The normalized spacial score (nSPS) is 14.3. The van der Waals surface area contributed by atoms with E-state index in [9.17, 15) is 18.3 Å². The first-order chi connectivity index (χ1) is 16.5. The maximum atomic E-state index is 11.8. The lowest BCUT2D eigenvalue weighted by atomic mass is 10.0. The molecule has 0 fully saturated rings. The molecular formula is C26H40N2O6SSi. The van der Waals surface area contributed by atoms with Crippen molar-refractivity contribution in [2.45, 2.75) is 70.8 Å². The van der Waals surface area contributed by atoms with Crippen molar-refractivity contribution in [1.29, 1.82) is 0 Å². The zero-order valence-electron chi connectivity index (χ0n) is 22.3. The van der Waals surface area contributed by atoms with Gasteiger partial charge in [-0.1, -0.05) is 51.1 Å². The number of benzene rings is 2. The fraction of sp³-hybridized carbons (Fsp3) is 0.500. The molecule has 0 bridgehead atoms. The highest BCUT2D eigenvalue weighted by Crippen LogP contribution is 2.40.